The number of hydrogen-bond acceptors (Lipinski definition) is 6. The minimum Gasteiger partial charge on any atom is -0.493 e. The van der Waals surface area contributed by atoms with Crippen molar-refractivity contribution in [3.8, 4) is 11.5 Å². The molecule has 154 valence electrons. The maximum Gasteiger partial charge on any atom is 0.315 e. The van der Waals surface area contributed by atoms with Crippen molar-refractivity contribution < 1.29 is 19.2 Å². The second-order valence-electron chi connectivity index (χ2n) is 6.30. The number of carbonyl (C=O) groups excluding carboxylic acids is 1. The number of unbranched alkanes of at least 4 members (excludes halogenated alkanes) is 3. The van der Waals surface area contributed by atoms with Crippen LogP contribution in [0.1, 0.15) is 48.5 Å². The summed E-state index contributed by atoms with van der Waals surface area (Å²) in [5.74, 6) is -0.0413. The van der Waals surface area contributed by atoms with Crippen LogP contribution in [0.25, 0.3) is 0 Å². The second-order valence-corrected chi connectivity index (χ2v) is 6.30. The summed E-state index contributed by atoms with van der Waals surface area (Å²) in [5.41, 5.74) is 3.04. The molecule has 2 aromatic rings. The lowest BCUT2D eigenvalue weighted by Gasteiger charge is -2.12. The fraction of sp³-hybridized carbons (Fsp3) is 0.333. The van der Waals surface area contributed by atoms with Crippen LogP contribution in [-0.2, 0) is 0 Å². The SMILES string of the molecule is CCCCCCOc1c(OC)cc(/C=N/NC(=O)c2ccccc2)cc1[N+](=O)[O-]. The number of nitrogens with zero attached hydrogens (tertiary/aromatic N) is 2. The van der Waals surface area contributed by atoms with Gasteiger partial charge in [0.2, 0.25) is 5.75 Å². The number of carbonyl (C=O) groups is 1. The zero-order valence-electron chi connectivity index (χ0n) is 16.6. The Morgan fingerprint density at radius 3 is 2.62 bits per heavy atom. The van der Waals surface area contributed by atoms with Crippen molar-refractivity contribution >= 4 is 17.8 Å². The molecule has 1 N–H and O–H groups in total. The van der Waals surface area contributed by atoms with Gasteiger partial charge in [-0.3, -0.25) is 14.9 Å². The highest BCUT2D eigenvalue weighted by atomic mass is 16.6. The van der Waals surface area contributed by atoms with Crippen molar-refractivity contribution in [3.05, 3.63) is 63.7 Å². The Bertz CT molecular complexity index is 853. The molecule has 0 saturated carbocycles. The van der Waals surface area contributed by atoms with Crippen LogP contribution in [0.15, 0.2) is 47.6 Å². The van der Waals surface area contributed by atoms with Crippen molar-refractivity contribution in [1.29, 1.82) is 0 Å². The van der Waals surface area contributed by atoms with Gasteiger partial charge in [-0.15, -0.1) is 0 Å². The molecule has 0 fully saturated rings. The lowest BCUT2D eigenvalue weighted by atomic mass is 10.1. The minimum absolute atomic E-state index is 0.0967. The number of ether oxygens (including phenoxy) is 2. The molecule has 2 rings (SSSR count). The summed E-state index contributed by atoms with van der Waals surface area (Å²) in [7, 11) is 1.42. The van der Waals surface area contributed by atoms with E-state index in [2.05, 4.69) is 17.5 Å². The molecule has 0 spiro atoms. The van der Waals surface area contributed by atoms with E-state index in [0.717, 1.165) is 25.7 Å². The monoisotopic (exact) mass is 399 g/mol. The van der Waals surface area contributed by atoms with E-state index in [-0.39, 0.29) is 23.1 Å². The number of nitro groups is 1. The Balaban J connectivity index is 2.13. The average Bonchev–Trinajstić information content (AvgIpc) is 2.74. The topological polar surface area (TPSA) is 103 Å². The fourth-order valence-electron chi connectivity index (χ4n) is 2.64. The van der Waals surface area contributed by atoms with Gasteiger partial charge < -0.3 is 9.47 Å². The maximum absolute atomic E-state index is 12.0. The third kappa shape index (κ3) is 6.60. The molecule has 0 aliphatic carbocycles. The first-order valence-electron chi connectivity index (χ1n) is 9.44. The molecule has 0 radical (unpaired) electrons. The van der Waals surface area contributed by atoms with Crippen LogP contribution in [0.2, 0.25) is 0 Å². The van der Waals surface area contributed by atoms with Crippen LogP contribution in [0, 0.1) is 10.1 Å². The largest absolute Gasteiger partial charge is 0.493 e. The molecule has 8 nitrogen and oxygen atoms in total. The smallest absolute Gasteiger partial charge is 0.315 e. The molecule has 1 amide bonds. The number of methoxy groups -OCH3 is 1. The number of nitro benzene ring substituents is 1. The molecule has 0 atom stereocenters. The van der Waals surface area contributed by atoms with Gasteiger partial charge >= 0.3 is 5.69 Å². The molecule has 0 unspecified atom stereocenters. The van der Waals surface area contributed by atoms with Crippen LogP contribution in [0.3, 0.4) is 0 Å². The molecule has 0 aliphatic heterocycles. The predicted molar refractivity (Wildman–Crippen MR) is 111 cm³/mol. The lowest BCUT2D eigenvalue weighted by Crippen LogP contribution is -2.17. The van der Waals surface area contributed by atoms with Crippen LogP contribution in [0.4, 0.5) is 5.69 Å². The molecule has 0 bridgehead atoms. The highest BCUT2D eigenvalue weighted by Gasteiger charge is 2.22. The summed E-state index contributed by atoms with van der Waals surface area (Å²) in [6.45, 7) is 2.48. The first kappa shape index (κ1) is 21.9. The Morgan fingerprint density at radius 1 is 1.21 bits per heavy atom. The van der Waals surface area contributed by atoms with Gasteiger partial charge in [0.05, 0.1) is 24.9 Å². The highest BCUT2D eigenvalue weighted by Crippen LogP contribution is 2.38. The van der Waals surface area contributed by atoms with Crippen LogP contribution >= 0.6 is 0 Å². The number of benzene rings is 2. The van der Waals surface area contributed by atoms with E-state index in [4.69, 9.17) is 9.47 Å². The molecule has 0 heterocycles. The van der Waals surface area contributed by atoms with E-state index in [1.54, 1.807) is 36.4 Å². The quantitative estimate of drug-likeness (QED) is 0.262. The molecule has 0 aromatic heterocycles. The van der Waals surface area contributed by atoms with Gasteiger partial charge in [-0.1, -0.05) is 44.4 Å². The summed E-state index contributed by atoms with van der Waals surface area (Å²) in [6, 6.07) is 11.5. The van der Waals surface area contributed by atoms with E-state index in [1.807, 2.05) is 0 Å². The third-order valence-electron chi connectivity index (χ3n) is 4.13. The Hall–Kier alpha value is -3.42. The fourth-order valence-corrected chi connectivity index (χ4v) is 2.64. The van der Waals surface area contributed by atoms with E-state index in [1.165, 1.54) is 19.4 Å². The number of hydrogen-bond donors (Lipinski definition) is 1. The van der Waals surface area contributed by atoms with Gasteiger partial charge in [-0.25, -0.2) is 5.43 Å². The Morgan fingerprint density at radius 2 is 1.97 bits per heavy atom. The normalized spacial score (nSPS) is 10.7. The highest BCUT2D eigenvalue weighted by molar-refractivity contribution is 5.95. The van der Waals surface area contributed by atoms with Crippen molar-refractivity contribution in [3.63, 3.8) is 0 Å². The van der Waals surface area contributed by atoms with Gasteiger partial charge in [0, 0.05) is 17.2 Å². The number of rotatable bonds is 11. The van der Waals surface area contributed by atoms with Gasteiger partial charge in [-0.05, 0) is 24.6 Å². The number of nitrogens with one attached hydrogen (secondary N) is 1. The maximum atomic E-state index is 12.0. The summed E-state index contributed by atoms with van der Waals surface area (Å²) in [6.07, 6.45) is 5.31. The molecular weight excluding hydrogens is 374 g/mol. The third-order valence-corrected chi connectivity index (χ3v) is 4.13. The van der Waals surface area contributed by atoms with Gasteiger partial charge in [0.1, 0.15) is 0 Å². The van der Waals surface area contributed by atoms with Gasteiger partial charge in [0.15, 0.2) is 5.75 Å². The van der Waals surface area contributed by atoms with Crippen molar-refractivity contribution in [1.82, 2.24) is 5.43 Å². The molecule has 29 heavy (non-hydrogen) atoms. The molecule has 8 heteroatoms. The first-order chi connectivity index (χ1) is 14.1. The first-order valence-corrected chi connectivity index (χ1v) is 9.44. The van der Waals surface area contributed by atoms with Crippen LogP contribution < -0.4 is 14.9 Å². The Kier molecular flexibility index (Phi) is 8.62. The van der Waals surface area contributed by atoms with E-state index < -0.39 is 4.92 Å². The van der Waals surface area contributed by atoms with E-state index in [0.29, 0.717) is 17.7 Å². The average molecular weight is 399 g/mol. The van der Waals surface area contributed by atoms with E-state index in [9.17, 15) is 14.9 Å². The van der Waals surface area contributed by atoms with E-state index >= 15 is 0 Å². The minimum atomic E-state index is -0.524. The lowest BCUT2D eigenvalue weighted by molar-refractivity contribution is -0.386. The van der Waals surface area contributed by atoms with Crippen molar-refractivity contribution in [2.24, 2.45) is 5.10 Å². The second kappa shape index (κ2) is 11.4. The summed E-state index contributed by atoms with van der Waals surface area (Å²) in [4.78, 5) is 23.0. The molecule has 0 aliphatic rings. The van der Waals surface area contributed by atoms with Crippen molar-refractivity contribution in [2.75, 3.05) is 13.7 Å². The predicted octanol–water partition coefficient (Wildman–Crippen LogP) is 4.33. The summed E-state index contributed by atoms with van der Waals surface area (Å²) >= 11 is 0. The van der Waals surface area contributed by atoms with Crippen LogP contribution in [-0.4, -0.2) is 30.8 Å². The molecule has 0 saturated heterocycles. The molecule has 2 aromatic carbocycles. The van der Waals surface area contributed by atoms with Gasteiger partial charge in [0.25, 0.3) is 5.91 Å². The van der Waals surface area contributed by atoms with Crippen LogP contribution in [0.5, 0.6) is 11.5 Å². The summed E-state index contributed by atoms with van der Waals surface area (Å²) < 4.78 is 10.9. The number of hydrazone groups is 1. The number of amides is 1. The molecular formula is C21H25N3O5. The Labute approximate surface area is 169 Å². The standard InChI is InChI=1S/C21H25N3O5/c1-3-4-5-9-12-29-20-18(24(26)27)13-16(14-19(20)28-2)15-22-23-21(25)17-10-7-6-8-11-17/h6-8,10-11,13-15H,3-5,9,12H2,1-2H3,(H,23,25)/b22-15+. The zero-order chi connectivity index (χ0) is 21.1. The van der Waals surface area contributed by atoms with Gasteiger partial charge in [-0.2, -0.15) is 5.10 Å². The zero-order valence-corrected chi connectivity index (χ0v) is 16.6. The van der Waals surface area contributed by atoms with Crippen molar-refractivity contribution in [2.45, 2.75) is 32.6 Å². The summed E-state index contributed by atoms with van der Waals surface area (Å²) in [5, 5.41) is 15.4.